The second kappa shape index (κ2) is 8.10. The third kappa shape index (κ3) is 5.08. The second-order valence-corrected chi connectivity index (χ2v) is 5.56. The zero-order valence-electron chi connectivity index (χ0n) is 14.1. The molecule has 0 atom stereocenters. The van der Waals surface area contributed by atoms with Crippen molar-refractivity contribution in [3.05, 3.63) is 53.5 Å². The van der Waals surface area contributed by atoms with Gasteiger partial charge in [0.2, 0.25) is 11.8 Å². The lowest BCUT2D eigenvalue weighted by molar-refractivity contribution is -0.124. The van der Waals surface area contributed by atoms with E-state index in [4.69, 9.17) is 4.42 Å². The number of rotatable bonds is 6. The quantitative estimate of drug-likeness (QED) is 0.631. The topological polar surface area (TPSA) is 83.7 Å². The van der Waals surface area contributed by atoms with E-state index in [9.17, 15) is 9.59 Å². The molecule has 1 heterocycles. The molecule has 0 spiro atoms. The number of hydrogen-bond donors (Lipinski definition) is 2. The smallest absolute Gasteiger partial charge is 0.240 e. The van der Waals surface area contributed by atoms with Crippen LogP contribution in [0.2, 0.25) is 0 Å². The summed E-state index contributed by atoms with van der Waals surface area (Å²) in [5.41, 5.74) is 5.98. The first kappa shape index (κ1) is 17.5. The van der Waals surface area contributed by atoms with Crippen molar-refractivity contribution in [3.63, 3.8) is 0 Å². The van der Waals surface area contributed by atoms with Gasteiger partial charge in [0.15, 0.2) is 0 Å². The summed E-state index contributed by atoms with van der Waals surface area (Å²) >= 11 is 0. The molecule has 0 saturated heterocycles. The monoisotopic (exact) mass is 327 g/mol. The maximum absolute atomic E-state index is 11.9. The number of amides is 2. The molecule has 2 N–H and O–H groups in total. The fourth-order valence-electron chi connectivity index (χ4n) is 2.01. The van der Waals surface area contributed by atoms with E-state index in [2.05, 4.69) is 15.8 Å². The van der Waals surface area contributed by atoms with E-state index in [0.29, 0.717) is 11.5 Å². The highest BCUT2D eigenvalue weighted by atomic mass is 16.3. The molecule has 126 valence electrons. The molecule has 6 nitrogen and oxygen atoms in total. The van der Waals surface area contributed by atoms with Gasteiger partial charge in [0, 0.05) is 18.5 Å². The SMILES string of the molecule is CC(=NNC(=O)CCC(=O)Nc1ccc(C)c(C)c1)c1ccco1. The normalized spacial score (nSPS) is 11.2. The molecule has 0 radical (unpaired) electrons. The number of furan rings is 1. The van der Waals surface area contributed by atoms with Gasteiger partial charge in [0.25, 0.3) is 0 Å². The van der Waals surface area contributed by atoms with E-state index in [1.165, 1.54) is 6.26 Å². The predicted octanol–water partition coefficient (Wildman–Crippen LogP) is 3.16. The fraction of sp³-hybridized carbons (Fsp3) is 0.278. The average Bonchev–Trinajstić information content (AvgIpc) is 3.08. The van der Waals surface area contributed by atoms with Crippen LogP contribution in [-0.2, 0) is 9.59 Å². The molecular formula is C18H21N3O3. The summed E-state index contributed by atoms with van der Waals surface area (Å²) in [5.74, 6) is 0.0547. The highest BCUT2D eigenvalue weighted by Crippen LogP contribution is 2.14. The van der Waals surface area contributed by atoms with E-state index in [0.717, 1.165) is 16.8 Å². The summed E-state index contributed by atoms with van der Waals surface area (Å²) in [4.78, 5) is 23.6. The molecule has 2 amide bonds. The number of aryl methyl sites for hydroxylation is 2. The molecule has 2 aromatic rings. The fourth-order valence-corrected chi connectivity index (χ4v) is 2.01. The number of hydrazone groups is 1. The number of nitrogens with zero attached hydrogens (tertiary/aromatic N) is 1. The first-order valence-corrected chi connectivity index (χ1v) is 7.70. The summed E-state index contributed by atoms with van der Waals surface area (Å²) < 4.78 is 5.16. The largest absolute Gasteiger partial charge is 0.463 e. The first-order valence-electron chi connectivity index (χ1n) is 7.70. The Morgan fingerprint density at radius 1 is 1.08 bits per heavy atom. The Morgan fingerprint density at radius 3 is 2.50 bits per heavy atom. The summed E-state index contributed by atoms with van der Waals surface area (Å²) in [6.07, 6.45) is 1.69. The first-order chi connectivity index (χ1) is 11.5. The molecule has 0 unspecified atom stereocenters. The van der Waals surface area contributed by atoms with Crippen LogP contribution in [0.5, 0.6) is 0 Å². The zero-order chi connectivity index (χ0) is 17.5. The van der Waals surface area contributed by atoms with Gasteiger partial charge in [0.1, 0.15) is 11.5 Å². The van der Waals surface area contributed by atoms with Crippen LogP contribution in [0.15, 0.2) is 46.1 Å². The van der Waals surface area contributed by atoms with Crippen molar-refractivity contribution >= 4 is 23.2 Å². The van der Waals surface area contributed by atoms with Crippen LogP contribution in [0, 0.1) is 13.8 Å². The minimum absolute atomic E-state index is 0.0611. The Morgan fingerprint density at radius 2 is 1.83 bits per heavy atom. The lowest BCUT2D eigenvalue weighted by Gasteiger charge is -2.07. The Hall–Kier alpha value is -2.89. The highest BCUT2D eigenvalue weighted by molar-refractivity contribution is 5.97. The lowest BCUT2D eigenvalue weighted by Crippen LogP contribution is -2.21. The van der Waals surface area contributed by atoms with Gasteiger partial charge in [-0.1, -0.05) is 6.07 Å². The van der Waals surface area contributed by atoms with E-state index < -0.39 is 0 Å². The van der Waals surface area contributed by atoms with Crippen molar-refractivity contribution in [2.24, 2.45) is 5.10 Å². The summed E-state index contributed by atoms with van der Waals surface area (Å²) in [6, 6.07) is 9.20. The van der Waals surface area contributed by atoms with Gasteiger partial charge in [-0.05, 0) is 56.2 Å². The van der Waals surface area contributed by atoms with Gasteiger partial charge >= 0.3 is 0 Å². The van der Waals surface area contributed by atoms with Crippen molar-refractivity contribution in [1.82, 2.24) is 5.43 Å². The number of nitrogens with one attached hydrogen (secondary N) is 2. The zero-order valence-corrected chi connectivity index (χ0v) is 14.1. The van der Waals surface area contributed by atoms with E-state index >= 15 is 0 Å². The van der Waals surface area contributed by atoms with Crippen LogP contribution < -0.4 is 10.7 Å². The maximum atomic E-state index is 11.9. The van der Waals surface area contributed by atoms with Crippen molar-refractivity contribution in [1.29, 1.82) is 0 Å². The van der Waals surface area contributed by atoms with Gasteiger partial charge in [-0.3, -0.25) is 9.59 Å². The highest BCUT2D eigenvalue weighted by Gasteiger charge is 2.08. The maximum Gasteiger partial charge on any atom is 0.240 e. The van der Waals surface area contributed by atoms with Crippen LogP contribution in [-0.4, -0.2) is 17.5 Å². The molecule has 1 aromatic carbocycles. The molecule has 0 saturated carbocycles. The van der Waals surface area contributed by atoms with Gasteiger partial charge in [-0.25, -0.2) is 5.43 Å². The van der Waals surface area contributed by atoms with Gasteiger partial charge < -0.3 is 9.73 Å². The van der Waals surface area contributed by atoms with Crippen molar-refractivity contribution in [2.75, 3.05) is 5.32 Å². The molecule has 0 aliphatic heterocycles. The molecule has 2 rings (SSSR count). The predicted molar refractivity (Wildman–Crippen MR) is 92.8 cm³/mol. The van der Waals surface area contributed by atoms with Gasteiger partial charge in [-0.15, -0.1) is 0 Å². The van der Waals surface area contributed by atoms with Crippen molar-refractivity contribution in [2.45, 2.75) is 33.6 Å². The molecule has 6 heteroatoms. The number of benzene rings is 1. The Kier molecular flexibility index (Phi) is 5.89. The lowest BCUT2D eigenvalue weighted by atomic mass is 10.1. The Bertz CT molecular complexity index is 749. The van der Waals surface area contributed by atoms with Gasteiger partial charge in [-0.2, -0.15) is 5.10 Å². The standard InChI is InChI=1S/C18H21N3O3/c1-12-6-7-15(11-13(12)2)19-17(22)8-9-18(23)21-20-14(3)16-5-4-10-24-16/h4-7,10-11H,8-9H2,1-3H3,(H,19,22)(H,21,23). The molecule has 1 aromatic heterocycles. The number of anilines is 1. The summed E-state index contributed by atoms with van der Waals surface area (Å²) in [7, 11) is 0. The van der Waals surface area contributed by atoms with Crippen LogP contribution >= 0.6 is 0 Å². The van der Waals surface area contributed by atoms with Crippen LogP contribution in [0.3, 0.4) is 0 Å². The average molecular weight is 327 g/mol. The Labute approximate surface area is 140 Å². The van der Waals surface area contributed by atoms with E-state index in [1.807, 2.05) is 32.0 Å². The minimum atomic E-state index is -0.323. The third-order valence-electron chi connectivity index (χ3n) is 3.60. The second-order valence-electron chi connectivity index (χ2n) is 5.56. The van der Waals surface area contributed by atoms with Crippen LogP contribution in [0.25, 0.3) is 0 Å². The third-order valence-corrected chi connectivity index (χ3v) is 3.60. The van der Waals surface area contributed by atoms with Crippen LogP contribution in [0.4, 0.5) is 5.69 Å². The van der Waals surface area contributed by atoms with E-state index in [1.54, 1.807) is 19.1 Å². The summed E-state index contributed by atoms with van der Waals surface area (Å²) in [5, 5.41) is 6.72. The molecule has 24 heavy (non-hydrogen) atoms. The summed E-state index contributed by atoms with van der Waals surface area (Å²) in [6.45, 7) is 5.72. The number of carbonyl (C=O) groups excluding carboxylic acids is 2. The van der Waals surface area contributed by atoms with Crippen molar-refractivity contribution < 1.29 is 14.0 Å². The van der Waals surface area contributed by atoms with Gasteiger partial charge in [0.05, 0.1) is 6.26 Å². The molecule has 0 fully saturated rings. The minimum Gasteiger partial charge on any atom is -0.463 e. The van der Waals surface area contributed by atoms with Crippen molar-refractivity contribution in [3.8, 4) is 0 Å². The molecule has 0 bridgehead atoms. The molecule has 0 aliphatic carbocycles. The van der Waals surface area contributed by atoms with E-state index in [-0.39, 0.29) is 24.7 Å². The number of hydrogen-bond acceptors (Lipinski definition) is 4. The Balaban J connectivity index is 1.77. The molecular weight excluding hydrogens is 306 g/mol. The molecule has 0 aliphatic rings. The van der Waals surface area contributed by atoms with Crippen LogP contribution in [0.1, 0.15) is 36.7 Å². The number of carbonyl (C=O) groups is 2.